The lowest BCUT2D eigenvalue weighted by atomic mass is 9.91. The summed E-state index contributed by atoms with van der Waals surface area (Å²) in [7, 11) is 0. The molecule has 112 valence electrons. The Morgan fingerprint density at radius 3 is 2.50 bits per heavy atom. The molecule has 20 heavy (non-hydrogen) atoms. The third-order valence-corrected chi connectivity index (χ3v) is 3.49. The molecule has 0 aliphatic carbocycles. The predicted molar refractivity (Wildman–Crippen MR) is 73.5 cm³/mol. The third kappa shape index (κ3) is 4.99. The Labute approximate surface area is 118 Å². The number of Topliss-reactive ketones (excluding diaryl/α,β-unsaturated/α-hetero) is 1. The van der Waals surface area contributed by atoms with Crippen LogP contribution in [0.3, 0.4) is 0 Å². The molecule has 0 aliphatic heterocycles. The number of carbonyl (C=O) groups excluding carboxylic acids is 1. The number of rotatable bonds is 7. The lowest BCUT2D eigenvalue weighted by Crippen LogP contribution is -2.16. The average molecular weight is 286 g/mol. The van der Waals surface area contributed by atoms with E-state index in [1.54, 1.807) is 6.07 Å². The van der Waals surface area contributed by atoms with E-state index in [0.29, 0.717) is 5.56 Å². The lowest BCUT2D eigenvalue weighted by Gasteiger charge is -2.14. The molecule has 0 amide bonds. The Balaban J connectivity index is 2.74. The molecule has 0 radical (unpaired) electrons. The maximum atomic E-state index is 12.6. The van der Waals surface area contributed by atoms with Gasteiger partial charge in [-0.1, -0.05) is 44.9 Å². The van der Waals surface area contributed by atoms with E-state index < -0.39 is 11.7 Å². The van der Waals surface area contributed by atoms with Crippen LogP contribution in [0, 0.1) is 5.92 Å². The van der Waals surface area contributed by atoms with Gasteiger partial charge < -0.3 is 0 Å². The van der Waals surface area contributed by atoms with Crippen molar-refractivity contribution in [3.63, 3.8) is 0 Å². The highest BCUT2D eigenvalue weighted by Crippen LogP contribution is 2.30. The third-order valence-electron chi connectivity index (χ3n) is 3.49. The first kappa shape index (κ1) is 16.7. The van der Waals surface area contributed by atoms with Gasteiger partial charge in [0.05, 0.1) is 5.56 Å². The molecule has 0 bridgehead atoms. The van der Waals surface area contributed by atoms with Crippen molar-refractivity contribution in [1.29, 1.82) is 0 Å². The van der Waals surface area contributed by atoms with Crippen LogP contribution in [0.25, 0.3) is 0 Å². The van der Waals surface area contributed by atoms with E-state index in [-0.39, 0.29) is 18.1 Å². The Bertz CT molecular complexity index is 438. The molecule has 0 aliphatic rings. The van der Waals surface area contributed by atoms with Crippen molar-refractivity contribution in [2.24, 2.45) is 5.92 Å². The molecule has 0 heterocycles. The van der Waals surface area contributed by atoms with E-state index in [1.165, 1.54) is 6.07 Å². The predicted octanol–water partition coefficient (Wildman–Crippen LogP) is 5.03. The van der Waals surface area contributed by atoms with Crippen molar-refractivity contribution in [3.05, 3.63) is 35.4 Å². The van der Waals surface area contributed by atoms with Gasteiger partial charge in [-0.3, -0.25) is 4.79 Å². The molecular formula is C16H21F3O. The molecule has 1 unspecified atom stereocenters. The summed E-state index contributed by atoms with van der Waals surface area (Å²) in [5.41, 5.74) is -0.246. The van der Waals surface area contributed by atoms with E-state index in [4.69, 9.17) is 0 Å². The van der Waals surface area contributed by atoms with Crippen molar-refractivity contribution in [1.82, 2.24) is 0 Å². The van der Waals surface area contributed by atoms with Gasteiger partial charge in [0.2, 0.25) is 0 Å². The number of hydrogen-bond donors (Lipinski definition) is 0. The van der Waals surface area contributed by atoms with Gasteiger partial charge in [-0.15, -0.1) is 0 Å². The summed E-state index contributed by atoms with van der Waals surface area (Å²) in [6.07, 6.45) is -0.694. The standard InChI is InChI=1S/C16H21F3O/c1-3-5-8-13(4-2)15(20)11-12-7-6-9-14(10-12)16(17,18)19/h6-7,9-10,13H,3-5,8,11H2,1-2H3. The van der Waals surface area contributed by atoms with Gasteiger partial charge in [0.25, 0.3) is 0 Å². The van der Waals surface area contributed by atoms with E-state index in [2.05, 4.69) is 6.92 Å². The largest absolute Gasteiger partial charge is 0.416 e. The minimum absolute atomic E-state index is 0.0375. The van der Waals surface area contributed by atoms with Crippen molar-refractivity contribution in [3.8, 4) is 0 Å². The second-order valence-corrected chi connectivity index (χ2v) is 5.09. The molecule has 1 rings (SSSR count). The fourth-order valence-electron chi connectivity index (χ4n) is 2.25. The number of unbranched alkanes of at least 4 members (excludes halogenated alkanes) is 1. The van der Waals surface area contributed by atoms with Gasteiger partial charge in [0, 0.05) is 12.3 Å². The molecule has 0 saturated carbocycles. The SMILES string of the molecule is CCCCC(CC)C(=O)Cc1cccc(C(F)(F)F)c1. The Kier molecular flexibility index (Phi) is 6.24. The number of benzene rings is 1. The van der Waals surface area contributed by atoms with Crippen molar-refractivity contribution >= 4 is 5.78 Å². The van der Waals surface area contributed by atoms with E-state index in [9.17, 15) is 18.0 Å². The van der Waals surface area contributed by atoms with Gasteiger partial charge >= 0.3 is 6.18 Å². The second kappa shape index (κ2) is 7.46. The maximum absolute atomic E-state index is 12.6. The molecule has 1 atom stereocenters. The summed E-state index contributed by atoms with van der Waals surface area (Å²) in [4.78, 5) is 12.1. The molecule has 0 fully saturated rings. The smallest absolute Gasteiger partial charge is 0.299 e. The monoisotopic (exact) mass is 286 g/mol. The molecule has 0 N–H and O–H groups in total. The highest BCUT2D eigenvalue weighted by atomic mass is 19.4. The fraction of sp³-hybridized carbons (Fsp3) is 0.562. The first-order valence-corrected chi connectivity index (χ1v) is 7.07. The molecule has 1 aromatic rings. The van der Waals surface area contributed by atoms with Gasteiger partial charge in [0.1, 0.15) is 5.78 Å². The average Bonchev–Trinajstić information content (AvgIpc) is 2.39. The van der Waals surface area contributed by atoms with Crippen LogP contribution >= 0.6 is 0 Å². The van der Waals surface area contributed by atoms with Crippen LogP contribution in [0.5, 0.6) is 0 Å². The molecule has 0 saturated heterocycles. The number of halogens is 3. The maximum Gasteiger partial charge on any atom is 0.416 e. The van der Waals surface area contributed by atoms with Gasteiger partial charge in [-0.05, 0) is 24.5 Å². The lowest BCUT2D eigenvalue weighted by molar-refractivity contribution is -0.137. The van der Waals surface area contributed by atoms with Crippen LogP contribution in [0.2, 0.25) is 0 Å². The number of alkyl halides is 3. The van der Waals surface area contributed by atoms with Crippen molar-refractivity contribution < 1.29 is 18.0 Å². The highest BCUT2D eigenvalue weighted by Gasteiger charge is 2.30. The number of ketones is 1. The fourth-order valence-corrected chi connectivity index (χ4v) is 2.25. The second-order valence-electron chi connectivity index (χ2n) is 5.09. The summed E-state index contributed by atoms with van der Waals surface area (Å²) in [5, 5.41) is 0. The summed E-state index contributed by atoms with van der Waals surface area (Å²) in [6.45, 7) is 4.01. The van der Waals surface area contributed by atoms with E-state index >= 15 is 0 Å². The first-order valence-electron chi connectivity index (χ1n) is 7.07. The highest BCUT2D eigenvalue weighted by molar-refractivity contribution is 5.83. The van der Waals surface area contributed by atoms with E-state index in [1.807, 2.05) is 6.92 Å². The van der Waals surface area contributed by atoms with Crippen LogP contribution < -0.4 is 0 Å². The zero-order valence-electron chi connectivity index (χ0n) is 12.0. The summed E-state index contributed by atoms with van der Waals surface area (Å²) in [5.74, 6) is 0.00441. The minimum atomic E-state index is -4.36. The number of carbonyl (C=O) groups is 1. The summed E-state index contributed by atoms with van der Waals surface area (Å²) >= 11 is 0. The Morgan fingerprint density at radius 1 is 1.25 bits per heavy atom. The normalized spacial score (nSPS) is 13.2. The van der Waals surface area contributed by atoms with Crippen molar-refractivity contribution in [2.45, 2.75) is 52.1 Å². The van der Waals surface area contributed by atoms with Gasteiger partial charge in [-0.2, -0.15) is 13.2 Å². The minimum Gasteiger partial charge on any atom is -0.299 e. The first-order chi connectivity index (χ1) is 9.38. The van der Waals surface area contributed by atoms with Gasteiger partial charge in [0.15, 0.2) is 0 Å². The summed E-state index contributed by atoms with van der Waals surface area (Å²) < 4.78 is 37.8. The molecule has 0 spiro atoms. The van der Waals surface area contributed by atoms with Crippen LogP contribution in [0.4, 0.5) is 13.2 Å². The molecule has 4 heteroatoms. The van der Waals surface area contributed by atoms with E-state index in [0.717, 1.165) is 37.8 Å². The summed E-state index contributed by atoms with van der Waals surface area (Å²) in [6, 6.07) is 5.05. The zero-order chi connectivity index (χ0) is 15.2. The Morgan fingerprint density at radius 2 is 1.95 bits per heavy atom. The van der Waals surface area contributed by atoms with Gasteiger partial charge in [-0.25, -0.2) is 0 Å². The molecular weight excluding hydrogens is 265 g/mol. The Hall–Kier alpha value is -1.32. The molecule has 0 aromatic heterocycles. The molecule has 1 aromatic carbocycles. The van der Waals surface area contributed by atoms with Crippen LogP contribution in [-0.4, -0.2) is 5.78 Å². The van der Waals surface area contributed by atoms with Crippen LogP contribution in [-0.2, 0) is 17.4 Å². The quantitative estimate of drug-likeness (QED) is 0.686. The zero-order valence-corrected chi connectivity index (χ0v) is 12.0. The topological polar surface area (TPSA) is 17.1 Å². The van der Waals surface area contributed by atoms with Crippen LogP contribution in [0.15, 0.2) is 24.3 Å². The van der Waals surface area contributed by atoms with Crippen LogP contribution in [0.1, 0.15) is 50.7 Å². The molecule has 1 nitrogen and oxygen atoms in total. The van der Waals surface area contributed by atoms with Crippen molar-refractivity contribution in [2.75, 3.05) is 0 Å². The number of hydrogen-bond acceptors (Lipinski definition) is 1.